The molecule has 0 unspecified atom stereocenters. The zero-order valence-corrected chi connectivity index (χ0v) is 16.2. The van der Waals surface area contributed by atoms with Crippen LogP contribution in [0, 0.1) is 23.2 Å². The minimum atomic E-state index is -0.0495. The molecule has 1 heterocycles. The number of rotatable bonds is 8. The maximum absolute atomic E-state index is 12.3. The lowest BCUT2D eigenvalue weighted by Gasteiger charge is -2.56. The van der Waals surface area contributed by atoms with Crippen LogP contribution < -0.4 is 16.0 Å². The van der Waals surface area contributed by atoms with Crippen LogP contribution in [0.15, 0.2) is 0 Å². The first-order chi connectivity index (χ1) is 12.5. The van der Waals surface area contributed by atoms with Crippen molar-refractivity contribution < 1.29 is 9.59 Å². The normalized spacial score (nSPS) is 40.3. The number of urea groups is 1. The highest BCUT2D eigenvalue weighted by Crippen LogP contribution is 2.59. The number of unbranched alkanes of at least 4 members (excludes halogenated alkanes) is 2. The molecule has 3 N–H and O–H groups in total. The summed E-state index contributed by atoms with van der Waals surface area (Å²) in [5.74, 6) is 3.09. The van der Waals surface area contributed by atoms with Crippen molar-refractivity contribution in [3.8, 4) is 0 Å². The molecule has 0 spiro atoms. The molecule has 5 nitrogen and oxygen atoms in total. The summed E-state index contributed by atoms with van der Waals surface area (Å²) in [6.45, 7) is 2.97. The second-order valence-electron chi connectivity index (χ2n) is 9.81. The van der Waals surface area contributed by atoms with Crippen LogP contribution in [-0.2, 0) is 4.79 Å². The second-order valence-corrected chi connectivity index (χ2v) is 9.81. The van der Waals surface area contributed by atoms with Gasteiger partial charge in [-0.2, -0.15) is 0 Å². The van der Waals surface area contributed by atoms with E-state index in [9.17, 15) is 9.59 Å². The molecule has 4 saturated carbocycles. The Hall–Kier alpha value is -1.26. The Bertz CT molecular complexity index is 512. The van der Waals surface area contributed by atoms with Gasteiger partial charge in [-0.3, -0.25) is 4.79 Å². The van der Waals surface area contributed by atoms with Crippen LogP contribution in [0.1, 0.15) is 77.6 Å². The Morgan fingerprint density at radius 1 is 1.04 bits per heavy atom. The second kappa shape index (κ2) is 7.40. The molecule has 2 atom stereocenters. The van der Waals surface area contributed by atoms with Crippen molar-refractivity contribution in [3.63, 3.8) is 0 Å². The summed E-state index contributed by atoms with van der Waals surface area (Å²) in [7, 11) is 0. The third-order valence-electron chi connectivity index (χ3n) is 7.52. The van der Waals surface area contributed by atoms with Crippen LogP contribution in [0.5, 0.6) is 0 Å². The van der Waals surface area contributed by atoms with Crippen LogP contribution in [-0.4, -0.2) is 30.6 Å². The van der Waals surface area contributed by atoms with Gasteiger partial charge in [0.05, 0.1) is 6.04 Å². The standard InChI is InChI=1S/C21H35N3O2/c1-14-18(24-20(26)23-14)5-3-2-4-6-19(25)22-13-21-10-15-7-16(11-21)9-17(8-15)12-21/h14-18H,2-13H2,1H3,(H,22,25)(H2,23,24,26)/t14-,15?,16?,17?,18-,21?/m0/s1. The molecule has 0 aromatic carbocycles. The Labute approximate surface area is 157 Å². The quantitative estimate of drug-likeness (QED) is 0.580. The average Bonchev–Trinajstić information content (AvgIpc) is 2.89. The van der Waals surface area contributed by atoms with Gasteiger partial charge in [0.2, 0.25) is 5.91 Å². The average molecular weight is 362 g/mol. The molecule has 146 valence electrons. The summed E-state index contributed by atoms with van der Waals surface area (Å²) >= 11 is 0. The Kier molecular flexibility index (Phi) is 5.15. The Balaban J connectivity index is 1.11. The van der Waals surface area contributed by atoms with Gasteiger partial charge in [0.15, 0.2) is 0 Å². The van der Waals surface area contributed by atoms with Crippen molar-refractivity contribution in [3.05, 3.63) is 0 Å². The lowest BCUT2D eigenvalue weighted by Crippen LogP contribution is -2.51. The molecule has 26 heavy (non-hydrogen) atoms. The highest BCUT2D eigenvalue weighted by molar-refractivity contribution is 5.77. The predicted molar refractivity (Wildman–Crippen MR) is 102 cm³/mol. The maximum atomic E-state index is 12.3. The summed E-state index contributed by atoms with van der Waals surface area (Å²) in [6, 6.07) is 0.407. The Morgan fingerprint density at radius 3 is 2.27 bits per heavy atom. The van der Waals surface area contributed by atoms with E-state index in [4.69, 9.17) is 0 Å². The van der Waals surface area contributed by atoms with Gasteiger partial charge < -0.3 is 16.0 Å². The molecule has 4 bridgehead atoms. The lowest BCUT2D eigenvalue weighted by atomic mass is 9.49. The van der Waals surface area contributed by atoms with E-state index in [-0.39, 0.29) is 24.0 Å². The van der Waals surface area contributed by atoms with Crippen molar-refractivity contribution in [1.29, 1.82) is 0 Å². The molecular formula is C21H35N3O2. The molecule has 0 aromatic heterocycles. The first-order valence-corrected chi connectivity index (χ1v) is 10.9. The van der Waals surface area contributed by atoms with Gasteiger partial charge >= 0.3 is 6.03 Å². The minimum absolute atomic E-state index is 0.0495. The zero-order chi connectivity index (χ0) is 18.1. The van der Waals surface area contributed by atoms with E-state index in [0.29, 0.717) is 11.8 Å². The molecule has 1 aliphatic heterocycles. The predicted octanol–water partition coefficient (Wildman–Crippen LogP) is 3.34. The highest BCUT2D eigenvalue weighted by Gasteiger charge is 2.50. The summed E-state index contributed by atoms with van der Waals surface area (Å²) in [5.41, 5.74) is 0.439. The molecule has 5 fully saturated rings. The molecule has 5 rings (SSSR count). The van der Waals surface area contributed by atoms with Gasteiger partial charge in [0.1, 0.15) is 0 Å². The molecule has 0 aromatic rings. The SMILES string of the molecule is C[C@@H]1NC(=O)N[C@H]1CCCCCC(=O)NCC12CC3CC(CC(C3)C1)C2. The number of hydrogen-bond acceptors (Lipinski definition) is 2. The third-order valence-corrected chi connectivity index (χ3v) is 7.52. The molecule has 4 aliphatic carbocycles. The van der Waals surface area contributed by atoms with Crippen LogP contribution in [0.3, 0.4) is 0 Å². The van der Waals surface area contributed by atoms with E-state index in [1.165, 1.54) is 38.5 Å². The number of carbonyl (C=O) groups excluding carboxylic acids is 2. The topological polar surface area (TPSA) is 70.2 Å². The van der Waals surface area contributed by atoms with Crippen LogP contribution >= 0.6 is 0 Å². The van der Waals surface area contributed by atoms with E-state index in [1.807, 2.05) is 6.92 Å². The van der Waals surface area contributed by atoms with Crippen molar-refractivity contribution >= 4 is 11.9 Å². The number of hydrogen-bond donors (Lipinski definition) is 3. The van der Waals surface area contributed by atoms with Crippen molar-refractivity contribution in [1.82, 2.24) is 16.0 Å². The fraction of sp³-hybridized carbons (Fsp3) is 0.905. The number of nitrogens with one attached hydrogen (secondary N) is 3. The van der Waals surface area contributed by atoms with Gasteiger partial charge in [-0.25, -0.2) is 4.79 Å². The van der Waals surface area contributed by atoms with E-state index in [0.717, 1.165) is 50.0 Å². The summed E-state index contributed by atoms with van der Waals surface area (Å²) in [4.78, 5) is 23.5. The molecule has 5 heteroatoms. The van der Waals surface area contributed by atoms with Gasteiger partial charge in [-0.15, -0.1) is 0 Å². The van der Waals surface area contributed by atoms with Gasteiger partial charge in [-0.05, 0) is 81.5 Å². The highest BCUT2D eigenvalue weighted by atomic mass is 16.2. The number of carbonyl (C=O) groups is 2. The fourth-order valence-electron chi connectivity index (χ4n) is 6.67. The van der Waals surface area contributed by atoms with E-state index >= 15 is 0 Å². The molecular weight excluding hydrogens is 326 g/mol. The van der Waals surface area contributed by atoms with Gasteiger partial charge in [0, 0.05) is 19.0 Å². The van der Waals surface area contributed by atoms with Gasteiger partial charge in [-0.1, -0.05) is 12.8 Å². The summed E-state index contributed by atoms with van der Waals surface area (Å²) in [5, 5.41) is 9.12. The smallest absolute Gasteiger partial charge is 0.315 e. The number of amides is 3. The summed E-state index contributed by atoms with van der Waals surface area (Å²) < 4.78 is 0. The van der Waals surface area contributed by atoms with Crippen LogP contribution in [0.25, 0.3) is 0 Å². The summed E-state index contributed by atoms with van der Waals surface area (Å²) in [6.07, 6.45) is 13.2. The van der Waals surface area contributed by atoms with Crippen LogP contribution in [0.2, 0.25) is 0 Å². The van der Waals surface area contributed by atoms with Crippen molar-refractivity contribution in [2.24, 2.45) is 23.2 Å². The minimum Gasteiger partial charge on any atom is -0.356 e. The first kappa shape index (κ1) is 18.1. The van der Waals surface area contributed by atoms with E-state index < -0.39 is 0 Å². The monoisotopic (exact) mass is 361 g/mol. The van der Waals surface area contributed by atoms with Crippen molar-refractivity contribution in [2.75, 3.05) is 6.54 Å². The molecule has 0 radical (unpaired) electrons. The first-order valence-electron chi connectivity index (χ1n) is 10.9. The third kappa shape index (κ3) is 4.01. The maximum Gasteiger partial charge on any atom is 0.315 e. The lowest BCUT2D eigenvalue weighted by molar-refractivity contribution is -0.123. The molecule has 5 aliphatic rings. The van der Waals surface area contributed by atoms with E-state index in [1.54, 1.807) is 0 Å². The van der Waals surface area contributed by atoms with Crippen molar-refractivity contribution in [2.45, 2.75) is 89.6 Å². The largest absolute Gasteiger partial charge is 0.356 e. The van der Waals surface area contributed by atoms with E-state index in [2.05, 4.69) is 16.0 Å². The van der Waals surface area contributed by atoms with Crippen LogP contribution in [0.4, 0.5) is 4.79 Å². The zero-order valence-electron chi connectivity index (χ0n) is 16.2. The molecule has 1 saturated heterocycles. The van der Waals surface area contributed by atoms with Gasteiger partial charge in [0.25, 0.3) is 0 Å². The Morgan fingerprint density at radius 2 is 1.69 bits per heavy atom. The fourth-order valence-corrected chi connectivity index (χ4v) is 6.67. The molecule has 3 amide bonds.